The van der Waals surface area contributed by atoms with Crippen molar-refractivity contribution < 1.29 is 18.1 Å². The van der Waals surface area contributed by atoms with Crippen molar-refractivity contribution >= 4 is 38.7 Å². The second-order valence-corrected chi connectivity index (χ2v) is 8.98. The lowest BCUT2D eigenvalue weighted by Crippen LogP contribution is -2.29. The zero-order chi connectivity index (χ0) is 21.7. The quantitative estimate of drug-likeness (QED) is 0.511. The molecular formula is C20H24N4O5S. The van der Waals surface area contributed by atoms with Crippen molar-refractivity contribution in [1.82, 2.24) is 0 Å². The van der Waals surface area contributed by atoms with Gasteiger partial charge in [0.15, 0.2) is 0 Å². The number of hydrogen-bond acceptors (Lipinski definition) is 6. The van der Waals surface area contributed by atoms with E-state index in [-0.39, 0.29) is 11.4 Å². The molecule has 1 amide bonds. The molecule has 0 radical (unpaired) electrons. The Morgan fingerprint density at radius 2 is 1.70 bits per heavy atom. The molecule has 2 N–H and O–H groups in total. The van der Waals surface area contributed by atoms with Gasteiger partial charge < -0.3 is 10.2 Å². The molecule has 0 aliphatic carbocycles. The fourth-order valence-electron chi connectivity index (χ4n) is 3.36. The number of carbonyl (C=O) groups excluding carboxylic acids is 1. The maximum Gasteiger partial charge on any atom is 0.274 e. The van der Waals surface area contributed by atoms with Crippen molar-refractivity contribution in [2.75, 3.05) is 33.8 Å². The van der Waals surface area contributed by atoms with Crippen LogP contribution < -0.4 is 14.9 Å². The summed E-state index contributed by atoms with van der Waals surface area (Å²) in [6, 6.07) is 11.2. The zero-order valence-corrected chi connectivity index (χ0v) is 17.4. The van der Waals surface area contributed by atoms with Gasteiger partial charge in [-0.15, -0.1) is 0 Å². The third-order valence-electron chi connectivity index (χ3n) is 4.87. The highest BCUT2D eigenvalue weighted by molar-refractivity contribution is 7.93. The van der Waals surface area contributed by atoms with Crippen LogP contribution in [-0.4, -0.2) is 38.1 Å². The maximum atomic E-state index is 12.3. The van der Waals surface area contributed by atoms with Crippen LogP contribution in [0, 0.1) is 17.0 Å². The largest absolute Gasteiger partial charge is 0.372 e. The van der Waals surface area contributed by atoms with Crippen molar-refractivity contribution in [2.45, 2.75) is 26.2 Å². The number of hydrogen-bond donors (Lipinski definition) is 2. The first-order chi connectivity index (χ1) is 14.2. The molecule has 1 aliphatic rings. The number of rotatable bonds is 7. The molecule has 0 saturated carbocycles. The van der Waals surface area contributed by atoms with E-state index in [1.54, 1.807) is 19.1 Å². The van der Waals surface area contributed by atoms with Crippen LogP contribution in [0.1, 0.15) is 24.8 Å². The molecule has 2 aromatic rings. The van der Waals surface area contributed by atoms with Crippen LogP contribution in [0.3, 0.4) is 0 Å². The predicted molar refractivity (Wildman–Crippen MR) is 116 cm³/mol. The molecule has 3 rings (SSSR count). The third kappa shape index (κ3) is 5.69. The lowest BCUT2D eigenvalue weighted by Gasteiger charge is -2.28. The zero-order valence-electron chi connectivity index (χ0n) is 16.6. The number of anilines is 3. The van der Waals surface area contributed by atoms with Crippen LogP contribution >= 0.6 is 0 Å². The topological polar surface area (TPSA) is 122 Å². The number of nitro benzene ring substituents is 1. The predicted octanol–water partition coefficient (Wildman–Crippen LogP) is 3.27. The normalized spacial score (nSPS) is 14.2. The van der Waals surface area contributed by atoms with Gasteiger partial charge in [-0.2, -0.15) is 0 Å². The Bertz CT molecular complexity index is 1030. The summed E-state index contributed by atoms with van der Waals surface area (Å²) in [6.45, 7) is 3.56. The molecule has 1 saturated heterocycles. The number of nitrogens with one attached hydrogen (secondary N) is 2. The number of sulfonamides is 1. The number of amides is 1. The molecule has 0 aromatic heterocycles. The van der Waals surface area contributed by atoms with Crippen LogP contribution in [0.5, 0.6) is 0 Å². The lowest BCUT2D eigenvalue weighted by atomic mass is 10.1. The Morgan fingerprint density at radius 3 is 2.33 bits per heavy atom. The van der Waals surface area contributed by atoms with E-state index < -0.39 is 26.6 Å². The van der Waals surface area contributed by atoms with Crippen LogP contribution in [0.25, 0.3) is 0 Å². The second kappa shape index (κ2) is 9.12. The number of carbonyl (C=O) groups is 1. The summed E-state index contributed by atoms with van der Waals surface area (Å²) in [5.41, 5.74) is 1.87. The van der Waals surface area contributed by atoms with Gasteiger partial charge in [0.2, 0.25) is 15.9 Å². The van der Waals surface area contributed by atoms with E-state index in [1.807, 2.05) is 12.1 Å². The molecule has 0 bridgehead atoms. The number of benzene rings is 2. The SMILES string of the molecule is Cc1ccc(NC(=O)CS(=O)(=O)Nc2ccc(N3CCCCC3)cc2)cc1[N+](=O)[O-]. The van der Waals surface area contributed by atoms with Crippen molar-refractivity contribution in [3.8, 4) is 0 Å². The van der Waals surface area contributed by atoms with Crippen molar-refractivity contribution in [3.05, 3.63) is 58.1 Å². The summed E-state index contributed by atoms with van der Waals surface area (Å²) >= 11 is 0. The molecule has 1 aliphatic heterocycles. The molecule has 160 valence electrons. The molecule has 2 aromatic carbocycles. The average molecular weight is 433 g/mol. The van der Waals surface area contributed by atoms with Crippen LogP contribution in [0.4, 0.5) is 22.7 Å². The van der Waals surface area contributed by atoms with E-state index in [1.165, 1.54) is 24.6 Å². The first kappa shape index (κ1) is 21.6. The van der Waals surface area contributed by atoms with Gasteiger partial charge in [0.05, 0.1) is 4.92 Å². The van der Waals surface area contributed by atoms with E-state index >= 15 is 0 Å². The van der Waals surface area contributed by atoms with Crippen LogP contribution in [0.15, 0.2) is 42.5 Å². The van der Waals surface area contributed by atoms with Gasteiger partial charge in [0, 0.05) is 41.8 Å². The summed E-state index contributed by atoms with van der Waals surface area (Å²) in [5, 5.41) is 13.4. The third-order valence-corrected chi connectivity index (χ3v) is 6.06. The van der Waals surface area contributed by atoms with Crippen LogP contribution in [-0.2, 0) is 14.8 Å². The summed E-state index contributed by atoms with van der Waals surface area (Å²) < 4.78 is 27.0. The Morgan fingerprint density at radius 1 is 1.07 bits per heavy atom. The molecule has 0 spiro atoms. The summed E-state index contributed by atoms with van der Waals surface area (Å²) in [4.78, 5) is 24.8. The highest BCUT2D eigenvalue weighted by Gasteiger charge is 2.19. The first-order valence-electron chi connectivity index (χ1n) is 9.64. The van der Waals surface area contributed by atoms with Crippen LogP contribution in [0.2, 0.25) is 0 Å². The fraction of sp³-hybridized carbons (Fsp3) is 0.350. The second-order valence-electron chi connectivity index (χ2n) is 7.26. The molecular weight excluding hydrogens is 408 g/mol. The minimum absolute atomic E-state index is 0.150. The molecule has 0 atom stereocenters. The highest BCUT2D eigenvalue weighted by Crippen LogP contribution is 2.23. The van der Waals surface area contributed by atoms with Gasteiger partial charge in [-0.3, -0.25) is 19.6 Å². The van der Waals surface area contributed by atoms with Gasteiger partial charge in [0.1, 0.15) is 5.75 Å². The summed E-state index contributed by atoms with van der Waals surface area (Å²) in [5.74, 6) is -1.59. The Balaban J connectivity index is 1.60. The summed E-state index contributed by atoms with van der Waals surface area (Å²) in [7, 11) is -3.94. The first-order valence-corrected chi connectivity index (χ1v) is 11.3. The van der Waals surface area contributed by atoms with Gasteiger partial charge >= 0.3 is 0 Å². The Labute approximate surface area is 175 Å². The number of nitro groups is 1. The van der Waals surface area contributed by atoms with Gasteiger partial charge in [-0.1, -0.05) is 6.07 Å². The van der Waals surface area contributed by atoms with E-state index in [0.717, 1.165) is 31.6 Å². The van der Waals surface area contributed by atoms with Gasteiger partial charge in [0.25, 0.3) is 5.69 Å². The standard InChI is InChI=1S/C20H24N4O5S/c1-15-5-6-17(13-19(15)24(26)27)21-20(25)14-30(28,29)22-16-7-9-18(10-8-16)23-11-3-2-4-12-23/h5-10,13,22H,2-4,11-12,14H2,1H3,(H,21,25). The molecule has 9 nitrogen and oxygen atoms in total. The van der Waals surface area contributed by atoms with E-state index in [0.29, 0.717) is 11.3 Å². The van der Waals surface area contributed by atoms with E-state index in [9.17, 15) is 23.3 Å². The molecule has 30 heavy (non-hydrogen) atoms. The molecule has 10 heteroatoms. The van der Waals surface area contributed by atoms with Crippen molar-refractivity contribution in [2.24, 2.45) is 0 Å². The minimum atomic E-state index is -3.94. The number of aryl methyl sites for hydroxylation is 1. The lowest BCUT2D eigenvalue weighted by molar-refractivity contribution is -0.385. The van der Waals surface area contributed by atoms with Crippen molar-refractivity contribution in [3.63, 3.8) is 0 Å². The highest BCUT2D eigenvalue weighted by atomic mass is 32.2. The van der Waals surface area contributed by atoms with E-state index in [2.05, 4.69) is 14.9 Å². The van der Waals surface area contributed by atoms with Gasteiger partial charge in [-0.25, -0.2) is 8.42 Å². The van der Waals surface area contributed by atoms with Gasteiger partial charge in [-0.05, 0) is 56.5 Å². The van der Waals surface area contributed by atoms with Crippen molar-refractivity contribution in [1.29, 1.82) is 0 Å². The smallest absolute Gasteiger partial charge is 0.274 e. The Kier molecular flexibility index (Phi) is 6.56. The Hall–Kier alpha value is -3.14. The monoisotopic (exact) mass is 432 g/mol. The minimum Gasteiger partial charge on any atom is -0.372 e. The fourth-order valence-corrected chi connectivity index (χ4v) is 4.35. The average Bonchev–Trinajstić information content (AvgIpc) is 2.69. The van der Waals surface area contributed by atoms with E-state index in [4.69, 9.17) is 0 Å². The molecule has 0 unspecified atom stereocenters. The number of nitrogens with zero attached hydrogens (tertiary/aromatic N) is 2. The maximum absolute atomic E-state index is 12.3. The molecule has 1 fully saturated rings. The summed E-state index contributed by atoms with van der Waals surface area (Å²) in [6.07, 6.45) is 3.52. The number of piperidine rings is 1. The molecule has 1 heterocycles.